The molecule has 4 rings (SSSR count). The van der Waals surface area contributed by atoms with Gasteiger partial charge in [-0.2, -0.15) is 0 Å². The Hall–Kier alpha value is -2.43. The summed E-state index contributed by atoms with van der Waals surface area (Å²) in [7, 11) is 0. The molecule has 0 saturated carbocycles. The third kappa shape index (κ3) is 4.50. The summed E-state index contributed by atoms with van der Waals surface area (Å²) in [5, 5.41) is 2.29. The lowest BCUT2D eigenvalue weighted by Gasteiger charge is -2.37. The Labute approximate surface area is 179 Å². The van der Waals surface area contributed by atoms with Crippen molar-refractivity contribution < 1.29 is 9.59 Å². The first kappa shape index (κ1) is 20.8. The summed E-state index contributed by atoms with van der Waals surface area (Å²) in [5.74, 6) is 1.10. The van der Waals surface area contributed by atoms with Crippen LogP contribution < -0.4 is 0 Å². The lowest BCUT2D eigenvalue weighted by atomic mass is 9.91. The van der Waals surface area contributed by atoms with E-state index in [0.717, 1.165) is 43.3 Å². The highest BCUT2D eigenvalue weighted by Gasteiger charge is 2.32. The molecule has 0 unspecified atom stereocenters. The smallest absolute Gasteiger partial charge is 0.225 e. The van der Waals surface area contributed by atoms with Crippen molar-refractivity contribution in [1.29, 1.82) is 0 Å². The third-order valence-corrected chi connectivity index (χ3v) is 6.82. The van der Waals surface area contributed by atoms with E-state index < -0.39 is 0 Å². The second-order valence-corrected chi connectivity index (χ2v) is 9.26. The minimum absolute atomic E-state index is 0.0805. The van der Waals surface area contributed by atoms with Gasteiger partial charge in [0, 0.05) is 55.8 Å². The number of carbonyl (C=O) groups is 2. The van der Waals surface area contributed by atoms with Gasteiger partial charge in [-0.05, 0) is 49.0 Å². The number of rotatable bonds is 4. The van der Waals surface area contributed by atoms with Gasteiger partial charge in [0.25, 0.3) is 0 Å². The van der Waals surface area contributed by atoms with Gasteiger partial charge in [0.2, 0.25) is 11.8 Å². The molecule has 2 amide bonds. The van der Waals surface area contributed by atoms with Gasteiger partial charge in [0.05, 0.1) is 0 Å². The summed E-state index contributed by atoms with van der Waals surface area (Å²) < 4.78 is 0. The van der Waals surface area contributed by atoms with Gasteiger partial charge in [0.1, 0.15) is 0 Å². The van der Waals surface area contributed by atoms with Crippen molar-refractivity contribution in [3.8, 4) is 0 Å². The summed E-state index contributed by atoms with van der Waals surface area (Å²) >= 11 is 0. The van der Waals surface area contributed by atoms with E-state index in [2.05, 4.69) is 28.9 Å². The summed E-state index contributed by atoms with van der Waals surface area (Å²) in [5.41, 5.74) is 1.12. The zero-order chi connectivity index (χ0) is 21.1. The quantitative estimate of drug-likeness (QED) is 0.772. The molecule has 3 heterocycles. The molecule has 0 aliphatic carbocycles. The number of piperidine rings is 2. The molecule has 0 radical (unpaired) electrons. The number of amides is 2. The van der Waals surface area contributed by atoms with Crippen LogP contribution in [-0.2, 0) is 16.0 Å². The SMILES string of the molecule is C[C@@H]1CCCN(C(=O)C2CCN(C(=O)[C@@H](C)Cc3cncc4ccccc34)CC2)C1. The topological polar surface area (TPSA) is 53.5 Å². The van der Waals surface area contributed by atoms with Crippen LogP contribution in [0.2, 0.25) is 0 Å². The fourth-order valence-corrected chi connectivity index (χ4v) is 5.07. The molecule has 0 N–H and O–H groups in total. The standard InChI is InChI=1S/C25H33N3O2/c1-18-6-5-11-28(17-18)25(30)20-9-12-27(13-10-20)24(29)19(2)14-22-16-26-15-21-7-3-4-8-23(21)22/h3-4,7-8,15-16,18-20H,5-6,9-14,17H2,1-2H3/t18-,19+/m1/s1. The van der Waals surface area contributed by atoms with Crippen molar-refractivity contribution in [2.45, 2.75) is 46.0 Å². The van der Waals surface area contributed by atoms with Crippen molar-refractivity contribution in [1.82, 2.24) is 14.8 Å². The van der Waals surface area contributed by atoms with E-state index in [0.29, 0.717) is 31.3 Å². The van der Waals surface area contributed by atoms with Crippen LogP contribution >= 0.6 is 0 Å². The van der Waals surface area contributed by atoms with Crippen LogP contribution in [0.15, 0.2) is 36.7 Å². The molecule has 1 aromatic heterocycles. The minimum atomic E-state index is -0.0900. The van der Waals surface area contributed by atoms with Crippen LogP contribution in [0.1, 0.15) is 45.1 Å². The first-order chi connectivity index (χ1) is 14.5. The molecule has 5 heteroatoms. The molecule has 30 heavy (non-hydrogen) atoms. The molecule has 1 aromatic carbocycles. The van der Waals surface area contributed by atoms with Gasteiger partial charge in [-0.25, -0.2) is 0 Å². The van der Waals surface area contributed by atoms with Gasteiger partial charge in [0.15, 0.2) is 0 Å². The van der Waals surface area contributed by atoms with E-state index in [-0.39, 0.29) is 17.7 Å². The molecule has 0 bridgehead atoms. The molecule has 2 fully saturated rings. The largest absolute Gasteiger partial charge is 0.342 e. The first-order valence-electron chi connectivity index (χ1n) is 11.4. The van der Waals surface area contributed by atoms with E-state index in [9.17, 15) is 9.59 Å². The summed E-state index contributed by atoms with van der Waals surface area (Å²) in [6.07, 6.45) is 8.37. The highest BCUT2D eigenvalue weighted by Crippen LogP contribution is 2.26. The Balaban J connectivity index is 1.33. The molecular formula is C25H33N3O2. The highest BCUT2D eigenvalue weighted by atomic mass is 16.2. The number of carbonyl (C=O) groups excluding carboxylic acids is 2. The molecule has 160 valence electrons. The minimum Gasteiger partial charge on any atom is -0.342 e. The van der Waals surface area contributed by atoms with E-state index in [1.165, 1.54) is 11.8 Å². The maximum Gasteiger partial charge on any atom is 0.225 e. The van der Waals surface area contributed by atoms with Crippen LogP contribution in [0.25, 0.3) is 10.8 Å². The average molecular weight is 408 g/mol. The monoisotopic (exact) mass is 407 g/mol. The lowest BCUT2D eigenvalue weighted by Crippen LogP contribution is -2.47. The Morgan fingerprint density at radius 2 is 1.83 bits per heavy atom. The molecule has 5 nitrogen and oxygen atoms in total. The number of fused-ring (bicyclic) bond motifs is 1. The number of hydrogen-bond acceptors (Lipinski definition) is 3. The van der Waals surface area contributed by atoms with Gasteiger partial charge in [-0.1, -0.05) is 38.1 Å². The second-order valence-electron chi connectivity index (χ2n) is 9.26. The van der Waals surface area contributed by atoms with E-state index in [4.69, 9.17) is 0 Å². The Bertz CT molecular complexity index is 899. The predicted molar refractivity (Wildman–Crippen MR) is 119 cm³/mol. The fraction of sp³-hybridized carbons (Fsp3) is 0.560. The van der Waals surface area contributed by atoms with E-state index >= 15 is 0 Å². The predicted octanol–water partition coefficient (Wildman–Crippen LogP) is 3.91. The molecule has 2 aliphatic heterocycles. The summed E-state index contributed by atoms with van der Waals surface area (Å²) in [6, 6.07) is 8.20. The van der Waals surface area contributed by atoms with Crippen molar-refractivity contribution in [3.05, 3.63) is 42.2 Å². The molecule has 2 atom stereocenters. The van der Waals surface area contributed by atoms with Crippen molar-refractivity contribution in [3.63, 3.8) is 0 Å². The van der Waals surface area contributed by atoms with Gasteiger partial charge in [-0.3, -0.25) is 14.6 Å². The molecule has 2 aromatic rings. The van der Waals surface area contributed by atoms with E-state index in [1.807, 2.05) is 36.4 Å². The summed E-state index contributed by atoms with van der Waals surface area (Å²) in [6.45, 7) is 7.42. The highest BCUT2D eigenvalue weighted by molar-refractivity contribution is 5.86. The number of pyridine rings is 1. The fourth-order valence-electron chi connectivity index (χ4n) is 5.07. The number of nitrogens with zero attached hydrogens (tertiary/aromatic N) is 3. The van der Waals surface area contributed by atoms with Crippen LogP contribution in [0, 0.1) is 17.8 Å². The normalized spacial score (nSPS) is 21.6. The summed E-state index contributed by atoms with van der Waals surface area (Å²) in [4.78, 5) is 34.3. The number of hydrogen-bond donors (Lipinski definition) is 0. The Morgan fingerprint density at radius 3 is 2.60 bits per heavy atom. The van der Waals surface area contributed by atoms with Crippen LogP contribution in [0.3, 0.4) is 0 Å². The third-order valence-electron chi connectivity index (χ3n) is 6.82. The molecule has 0 spiro atoms. The van der Waals surface area contributed by atoms with Crippen LogP contribution in [0.5, 0.6) is 0 Å². The van der Waals surface area contributed by atoms with E-state index in [1.54, 1.807) is 0 Å². The zero-order valence-corrected chi connectivity index (χ0v) is 18.2. The Morgan fingerprint density at radius 1 is 1.07 bits per heavy atom. The average Bonchev–Trinajstić information content (AvgIpc) is 2.78. The maximum atomic E-state index is 13.1. The molecular weight excluding hydrogens is 374 g/mol. The van der Waals surface area contributed by atoms with Gasteiger partial charge >= 0.3 is 0 Å². The van der Waals surface area contributed by atoms with Crippen molar-refractivity contribution in [2.24, 2.45) is 17.8 Å². The van der Waals surface area contributed by atoms with Crippen LogP contribution in [0.4, 0.5) is 0 Å². The van der Waals surface area contributed by atoms with Crippen molar-refractivity contribution >= 4 is 22.6 Å². The van der Waals surface area contributed by atoms with Crippen LogP contribution in [-0.4, -0.2) is 52.8 Å². The number of benzene rings is 1. The number of aromatic nitrogens is 1. The second kappa shape index (κ2) is 9.15. The Kier molecular flexibility index (Phi) is 6.35. The molecule has 2 saturated heterocycles. The first-order valence-corrected chi connectivity index (χ1v) is 11.4. The maximum absolute atomic E-state index is 13.1. The zero-order valence-electron chi connectivity index (χ0n) is 18.2. The van der Waals surface area contributed by atoms with Gasteiger partial charge in [-0.15, -0.1) is 0 Å². The number of likely N-dealkylation sites (tertiary alicyclic amines) is 2. The molecule has 2 aliphatic rings. The van der Waals surface area contributed by atoms with Crippen molar-refractivity contribution in [2.75, 3.05) is 26.2 Å². The lowest BCUT2D eigenvalue weighted by molar-refractivity contribution is -0.143. The van der Waals surface area contributed by atoms with Gasteiger partial charge < -0.3 is 9.80 Å².